The molecule has 130 valence electrons. The van der Waals surface area contributed by atoms with Gasteiger partial charge in [0.2, 0.25) is 5.91 Å². The lowest BCUT2D eigenvalue weighted by Gasteiger charge is -2.30. The number of hydrogen-bond acceptors (Lipinski definition) is 5. The Balaban J connectivity index is 1.79. The minimum atomic E-state index is -0.464. The zero-order valence-electron chi connectivity index (χ0n) is 13.9. The van der Waals surface area contributed by atoms with E-state index in [0.29, 0.717) is 18.7 Å². The van der Waals surface area contributed by atoms with Crippen LogP contribution in [0.25, 0.3) is 0 Å². The summed E-state index contributed by atoms with van der Waals surface area (Å²) in [5.41, 5.74) is 3.58. The van der Waals surface area contributed by atoms with Crippen LogP contribution in [-0.2, 0) is 24.3 Å². The molecule has 0 atom stereocenters. The minimum absolute atomic E-state index is 0.0295. The maximum Gasteiger partial charge on any atom is 0.270 e. The molecule has 1 aliphatic heterocycles. The number of rotatable bonds is 4. The van der Waals surface area contributed by atoms with Crippen molar-refractivity contribution >= 4 is 17.3 Å². The number of aromatic hydroxyl groups is 1. The van der Waals surface area contributed by atoms with Crippen molar-refractivity contribution in [2.24, 2.45) is 0 Å². The van der Waals surface area contributed by atoms with Crippen LogP contribution in [0, 0.1) is 10.1 Å². The maximum absolute atomic E-state index is 11.3. The highest BCUT2D eigenvalue weighted by molar-refractivity contribution is 5.89. The maximum atomic E-state index is 11.3. The summed E-state index contributed by atoms with van der Waals surface area (Å²) < 4.78 is 0. The van der Waals surface area contributed by atoms with Gasteiger partial charge in [-0.05, 0) is 29.7 Å². The van der Waals surface area contributed by atoms with Crippen LogP contribution in [-0.4, -0.2) is 27.4 Å². The summed E-state index contributed by atoms with van der Waals surface area (Å²) in [6, 6.07) is 9.88. The highest BCUT2D eigenvalue weighted by Crippen LogP contribution is 2.29. The second kappa shape index (κ2) is 6.90. The van der Waals surface area contributed by atoms with E-state index >= 15 is 0 Å². The first-order chi connectivity index (χ1) is 11.9. The number of phenols is 1. The second-order valence-corrected chi connectivity index (χ2v) is 6.16. The summed E-state index contributed by atoms with van der Waals surface area (Å²) >= 11 is 0. The minimum Gasteiger partial charge on any atom is -0.508 e. The van der Waals surface area contributed by atoms with Gasteiger partial charge in [0.15, 0.2) is 0 Å². The zero-order chi connectivity index (χ0) is 18.0. The molecule has 0 unspecified atom stereocenters. The number of nitro benzene ring substituents is 1. The number of carbonyl (C=O) groups is 1. The van der Waals surface area contributed by atoms with Crippen LogP contribution in [0.15, 0.2) is 36.4 Å². The molecular weight excluding hydrogens is 322 g/mol. The SMILES string of the molecule is CC(=O)Nc1cccc2c1CCN(Cc1cc([N+](=O)[O-])ccc1O)C2. The van der Waals surface area contributed by atoms with Crippen molar-refractivity contribution in [1.29, 1.82) is 0 Å². The molecule has 0 fully saturated rings. The topological polar surface area (TPSA) is 95.7 Å². The molecular formula is C18H19N3O4. The monoisotopic (exact) mass is 341 g/mol. The number of anilines is 1. The van der Waals surface area contributed by atoms with Gasteiger partial charge in [-0.1, -0.05) is 12.1 Å². The van der Waals surface area contributed by atoms with Crippen LogP contribution in [0.5, 0.6) is 5.75 Å². The van der Waals surface area contributed by atoms with E-state index in [0.717, 1.165) is 29.8 Å². The molecule has 1 heterocycles. The van der Waals surface area contributed by atoms with Crippen LogP contribution in [0.3, 0.4) is 0 Å². The van der Waals surface area contributed by atoms with Gasteiger partial charge in [0.25, 0.3) is 5.69 Å². The van der Waals surface area contributed by atoms with E-state index in [1.54, 1.807) is 0 Å². The van der Waals surface area contributed by atoms with E-state index in [9.17, 15) is 20.0 Å². The van der Waals surface area contributed by atoms with Gasteiger partial charge < -0.3 is 10.4 Å². The summed E-state index contributed by atoms with van der Waals surface area (Å²) in [7, 11) is 0. The first-order valence-corrected chi connectivity index (χ1v) is 8.01. The number of phenolic OH excluding ortho intramolecular Hbond substituents is 1. The third-order valence-corrected chi connectivity index (χ3v) is 4.32. The Morgan fingerprint density at radius 2 is 2.16 bits per heavy atom. The van der Waals surface area contributed by atoms with Gasteiger partial charge in [-0.2, -0.15) is 0 Å². The van der Waals surface area contributed by atoms with Crippen molar-refractivity contribution in [1.82, 2.24) is 4.90 Å². The number of amides is 1. The Labute approximate surface area is 145 Å². The van der Waals surface area contributed by atoms with E-state index in [1.807, 2.05) is 18.2 Å². The number of nitrogens with zero attached hydrogens (tertiary/aromatic N) is 2. The van der Waals surface area contributed by atoms with Crippen LogP contribution in [0.4, 0.5) is 11.4 Å². The third kappa shape index (κ3) is 3.77. The van der Waals surface area contributed by atoms with Gasteiger partial charge in [0.1, 0.15) is 5.75 Å². The molecule has 0 saturated carbocycles. The van der Waals surface area contributed by atoms with Crippen molar-refractivity contribution in [3.63, 3.8) is 0 Å². The Morgan fingerprint density at radius 3 is 2.88 bits per heavy atom. The molecule has 0 bridgehead atoms. The standard InChI is InChI=1S/C18H19N3O4/c1-12(22)19-17-4-2-3-13-10-20(8-7-16(13)17)11-14-9-15(21(24)25)5-6-18(14)23/h2-6,9,23H,7-8,10-11H2,1H3,(H,19,22). The second-order valence-electron chi connectivity index (χ2n) is 6.16. The van der Waals surface area contributed by atoms with Crippen molar-refractivity contribution in [3.8, 4) is 5.75 Å². The summed E-state index contributed by atoms with van der Waals surface area (Å²) in [6.07, 6.45) is 0.765. The number of non-ortho nitro benzene ring substituents is 1. The molecule has 3 rings (SSSR count). The summed E-state index contributed by atoms with van der Waals surface area (Å²) in [5.74, 6) is -0.0410. The zero-order valence-corrected chi connectivity index (χ0v) is 13.9. The summed E-state index contributed by atoms with van der Waals surface area (Å²) in [6.45, 7) is 3.31. The van der Waals surface area contributed by atoms with E-state index in [4.69, 9.17) is 0 Å². The Morgan fingerprint density at radius 1 is 1.36 bits per heavy atom. The lowest BCUT2D eigenvalue weighted by Crippen LogP contribution is -2.30. The highest BCUT2D eigenvalue weighted by atomic mass is 16.6. The number of fused-ring (bicyclic) bond motifs is 1. The molecule has 2 N–H and O–H groups in total. The average Bonchev–Trinajstić information content (AvgIpc) is 2.56. The average molecular weight is 341 g/mol. The lowest BCUT2D eigenvalue weighted by molar-refractivity contribution is -0.385. The molecule has 7 heteroatoms. The molecule has 2 aromatic rings. The number of carbonyl (C=O) groups excluding carboxylic acids is 1. The highest BCUT2D eigenvalue weighted by Gasteiger charge is 2.21. The number of nitrogens with one attached hydrogen (secondary N) is 1. The predicted octanol–water partition coefficient (Wildman–Crippen LogP) is 2.82. The fraction of sp³-hybridized carbons (Fsp3) is 0.278. The fourth-order valence-electron chi connectivity index (χ4n) is 3.16. The molecule has 1 amide bonds. The van der Waals surface area contributed by atoms with Crippen molar-refractivity contribution in [2.45, 2.75) is 26.4 Å². The lowest BCUT2D eigenvalue weighted by atomic mass is 9.97. The molecule has 0 saturated heterocycles. The molecule has 1 aliphatic rings. The van der Waals surface area contributed by atoms with Crippen LogP contribution in [0.2, 0.25) is 0 Å². The molecule has 0 spiro atoms. The van der Waals surface area contributed by atoms with Crippen LogP contribution >= 0.6 is 0 Å². The van der Waals surface area contributed by atoms with Crippen molar-refractivity contribution in [2.75, 3.05) is 11.9 Å². The number of hydrogen-bond donors (Lipinski definition) is 2. The number of nitro groups is 1. The Hall–Kier alpha value is -2.93. The van der Waals surface area contributed by atoms with Gasteiger partial charge >= 0.3 is 0 Å². The normalized spacial score (nSPS) is 14.0. The van der Waals surface area contributed by atoms with Gasteiger partial charge in [-0.15, -0.1) is 0 Å². The van der Waals surface area contributed by atoms with E-state index in [-0.39, 0.29) is 17.3 Å². The van der Waals surface area contributed by atoms with Crippen LogP contribution in [0.1, 0.15) is 23.6 Å². The van der Waals surface area contributed by atoms with Gasteiger partial charge in [0, 0.05) is 49.9 Å². The van der Waals surface area contributed by atoms with Gasteiger partial charge in [0.05, 0.1) is 4.92 Å². The molecule has 0 aliphatic carbocycles. The quantitative estimate of drug-likeness (QED) is 0.658. The smallest absolute Gasteiger partial charge is 0.270 e. The van der Waals surface area contributed by atoms with Crippen LogP contribution < -0.4 is 5.32 Å². The molecule has 7 nitrogen and oxygen atoms in total. The van der Waals surface area contributed by atoms with Gasteiger partial charge in [-0.3, -0.25) is 19.8 Å². The fourth-order valence-corrected chi connectivity index (χ4v) is 3.16. The van der Waals surface area contributed by atoms with E-state index in [2.05, 4.69) is 10.2 Å². The number of benzene rings is 2. The first-order valence-electron chi connectivity index (χ1n) is 8.01. The van der Waals surface area contributed by atoms with Crippen molar-refractivity contribution in [3.05, 3.63) is 63.2 Å². The summed E-state index contributed by atoms with van der Waals surface area (Å²) in [4.78, 5) is 23.9. The Kier molecular flexibility index (Phi) is 4.67. The van der Waals surface area contributed by atoms with Gasteiger partial charge in [-0.25, -0.2) is 0 Å². The molecule has 0 radical (unpaired) electrons. The van der Waals surface area contributed by atoms with E-state index in [1.165, 1.54) is 25.1 Å². The summed E-state index contributed by atoms with van der Waals surface area (Å²) in [5, 5.41) is 23.8. The third-order valence-electron chi connectivity index (χ3n) is 4.32. The van der Waals surface area contributed by atoms with Crippen molar-refractivity contribution < 1.29 is 14.8 Å². The first kappa shape index (κ1) is 16.9. The Bertz CT molecular complexity index is 835. The molecule has 2 aromatic carbocycles. The largest absolute Gasteiger partial charge is 0.508 e. The predicted molar refractivity (Wildman–Crippen MR) is 93.3 cm³/mol. The molecule has 0 aromatic heterocycles. The van der Waals surface area contributed by atoms with E-state index < -0.39 is 4.92 Å². The molecule has 25 heavy (non-hydrogen) atoms.